The van der Waals surface area contributed by atoms with E-state index in [2.05, 4.69) is 36.3 Å². The Kier molecular flexibility index (Phi) is 26.1. The van der Waals surface area contributed by atoms with Gasteiger partial charge in [0.1, 0.15) is 12.1 Å². The Balaban J connectivity index is 2.90. The molecule has 55 heavy (non-hydrogen) atoms. The van der Waals surface area contributed by atoms with Crippen LogP contribution in [-0.4, -0.2) is 142 Å². The molecule has 1 aliphatic carbocycles. The first kappa shape index (κ1) is 50.2. The summed E-state index contributed by atoms with van der Waals surface area (Å²) in [6, 6.07) is -2.24. The zero-order valence-corrected chi connectivity index (χ0v) is 33.2. The molecule has 22 heteroatoms. The number of amides is 5. The Morgan fingerprint density at radius 2 is 1.16 bits per heavy atom. The smallest absolute Gasteiger partial charge is 0.333 e. The van der Waals surface area contributed by atoms with Crippen molar-refractivity contribution >= 4 is 37.1 Å². The molecule has 0 spiro atoms. The highest BCUT2D eigenvalue weighted by Crippen LogP contribution is 2.56. The number of hydrogen-bond acceptors (Lipinski definition) is 15. The monoisotopic (exact) mass is 813 g/mol. The topological polar surface area (TPSA) is 310 Å². The van der Waals surface area contributed by atoms with Crippen LogP contribution in [0.15, 0.2) is 0 Å². The lowest BCUT2D eigenvalue weighted by Crippen LogP contribution is -2.51. The molecule has 5 amide bonds. The van der Waals surface area contributed by atoms with E-state index < -0.39 is 60.5 Å². The van der Waals surface area contributed by atoms with Gasteiger partial charge in [0.05, 0.1) is 70.7 Å². The highest BCUT2D eigenvalue weighted by molar-refractivity contribution is 7.54. The number of aliphatic hydroxyl groups excluding tert-OH is 1. The predicted molar refractivity (Wildman–Crippen MR) is 198 cm³/mol. The maximum Gasteiger partial charge on any atom is 0.333 e. The van der Waals surface area contributed by atoms with Gasteiger partial charge in [0.25, 0.3) is 0 Å². The standard InChI is InChI=1S/C33H64N7O14P/c1-33(2,3)55(47,48)54-25-6-4-24(5-7-25)30(44)40-27(32(46)38-14-18-51-21-23-53-35)9-11-29(43)39-26(31(45)37-13-17-50-20-22-52-34)8-10-28(42)36-12-16-49-19-15-41/h24-27,41H,4-23,34-35H2,1-3H3,(H,36,42)(H,37,45)(H,38,46)(H,39,43)(H,40,44)(H,47,48)/t24-,25-,26?,27?. The van der Waals surface area contributed by atoms with Gasteiger partial charge in [0.15, 0.2) is 0 Å². The molecule has 3 unspecified atom stereocenters. The van der Waals surface area contributed by atoms with Crippen LogP contribution in [0.25, 0.3) is 0 Å². The quantitative estimate of drug-likeness (QED) is 0.0221. The van der Waals surface area contributed by atoms with Crippen molar-refractivity contribution in [2.45, 2.75) is 95.5 Å². The van der Waals surface area contributed by atoms with Gasteiger partial charge in [-0.15, -0.1) is 0 Å². The highest BCUT2D eigenvalue weighted by Gasteiger charge is 2.40. The van der Waals surface area contributed by atoms with Gasteiger partial charge < -0.3 is 65.0 Å². The van der Waals surface area contributed by atoms with Crippen LogP contribution in [0.4, 0.5) is 0 Å². The van der Waals surface area contributed by atoms with E-state index in [4.69, 9.17) is 35.6 Å². The number of nitrogens with two attached hydrogens (primary N) is 2. The molecule has 0 aromatic rings. The molecule has 1 aliphatic rings. The summed E-state index contributed by atoms with van der Waals surface area (Å²) >= 11 is 0. The number of carbonyl (C=O) groups is 5. The van der Waals surface area contributed by atoms with Gasteiger partial charge in [0.2, 0.25) is 29.5 Å². The summed E-state index contributed by atoms with van der Waals surface area (Å²) < 4.78 is 33.9. The Morgan fingerprint density at radius 3 is 1.65 bits per heavy atom. The zero-order valence-electron chi connectivity index (χ0n) is 32.3. The molecule has 0 bridgehead atoms. The lowest BCUT2D eigenvalue weighted by atomic mass is 9.86. The minimum absolute atomic E-state index is 0.0491. The molecule has 3 atom stereocenters. The number of aliphatic hydroxyl groups is 1. The predicted octanol–water partition coefficient (Wildman–Crippen LogP) is -1.75. The molecular weight excluding hydrogens is 749 g/mol. The normalized spacial score (nSPS) is 18.0. The van der Waals surface area contributed by atoms with Gasteiger partial charge in [-0.05, 0) is 59.3 Å². The molecule has 1 rings (SSSR count). The number of carbonyl (C=O) groups excluding carboxylic acids is 5. The maximum absolute atomic E-state index is 13.4. The molecule has 11 N–H and O–H groups in total. The van der Waals surface area contributed by atoms with Gasteiger partial charge in [-0.3, -0.25) is 28.5 Å². The summed E-state index contributed by atoms with van der Waals surface area (Å²) in [6.45, 7) is 6.40. The van der Waals surface area contributed by atoms with Gasteiger partial charge in [-0.2, -0.15) is 0 Å². The third-order valence-corrected chi connectivity index (χ3v) is 10.7. The zero-order chi connectivity index (χ0) is 41.1. The fourth-order valence-electron chi connectivity index (χ4n) is 5.11. The van der Waals surface area contributed by atoms with E-state index in [9.17, 15) is 33.4 Å². The van der Waals surface area contributed by atoms with Crippen molar-refractivity contribution in [1.82, 2.24) is 26.6 Å². The van der Waals surface area contributed by atoms with E-state index in [1.54, 1.807) is 20.8 Å². The maximum atomic E-state index is 13.4. The van der Waals surface area contributed by atoms with E-state index >= 15 is 0 Å². The summed E-state index contributed by atoms with van der Waals surface area (Å²) in [5.74, 6) is 6.93. The van der Waals surface area contributed by atoms with Gasteiger partial charge in [0, 0.05) is 38.4 Å². The largest absolute Gasteiger partial charge is 0.394 e. The third kappa shape index (κ3) is 22.5. The van der Waals surface area contributed by atoms with Crippen LogP contribution in [0, 0.1) is 5.92 Å². The fraction of sp³-hybridized carbons (Fsp3) is 0.848. The molecule has 0 aromatic carbocycles. The molecule has 0 saturated heterocycles. The molecular formula is C33H64N7O14P. The number of hydrogen-bond donors (Lipinski definition) is 9. The number of rotatable bonds is 30. The molecule has 1 fully saturated rings. The highest BCUT2D eigenvalue weighted by atomic mass is 31.2. The number of nitrogens with one attached hydrogen (secondary N) is 5. The van der Waals surface area contributed by atoms with Crippen LogP contribution in [0.1, 0.15) is 72.1 Å². The van der Waals surface area contributed by atoms with E-state index in [-0.39, 0.29) is 111 Å². The van der Waals surface area contributed by atoms with Crippen molar-refractivity contribution < 1.29 is 66.9 Å². The van der Waals surface area contributed by atoms with Crippen LogP contribution < -0.4 is 38.4 Å². The summed E-state index contributed by atoms with van der Waals surface area (Å²) in [5, 5.41) is 21.2. The van der Waals surface area contributed by atoms with Crippen molar-refractivity contribution in [3.05, 3.63) is 0 Å². The van der Waals surface area contributed by atoms with Crippen molar-refractivity contribution in [2.24, 2.45) is 17.7 Å². The second-order valence-corrected chi connectivity index (χ2v) is 16.4. The molecule has 0 aliphatic heterocycles. The van der Waals surface area contributed by atoms with Crippen LogP contribution in [0.5, 0.6) is 0 Å². The molecule has 0 aromatic heterocycles. The first-order chi connectivity index (χ1) is 26.1. The van der Waals surface area contributed by atoms with Crippen molar-refractivity contribution in [3.8, 4) is 0 Å². The van der Waals surface area contributed by atoms with E-state index in [0.29, 0.717) is 25.7 Å². The lowest BCUT2D eigenvalue weighted by Gasteiger charge is -2.33. The number of ether oxygens (including phenoxy) is 3. The van der Waals surface area contributed by atoms with Gasteiger partial charge in [-0.1, -0.05) is 0 Å². The lowest BCUT2D eigenvalue weighted by molar-refractivity contribution is -0.133. The second-order valence-electron chi connectivity index (χ2n) is 13.8. The fourth-order valence-corrected chi connectivity index (χ4v) is 6.04. The van der Waals surface area contributed by atoms with E-state index in [1.807, 2.05) is 0 Å². The minimum Gasteiger partial charge on any atom is -0.394 e. The molecule has 21 nitrogen and oxygen atoms in total. The average molecular weight is 814 g/mol. The Bertz CT molecular complexity index is 1190. The molecule has 1 saturated carbocycles. The van der Waals surface area contributed by atoms with Crippen molar-refractivity contribution in [1.29, 1.82) is 0 Å². The SMILES string of the molecule is CC(C)(C)P(=O)(O)O[C@H]1CC[C@H](C(=O)NC(CCC(=O)NC(CCC(=O)NCCOCCO)C(=O)NCCOCCON)C(=O)NCCOCCON)CC1. The van der Waals surface area contributed by atoms with Gasteiger partial charge in [-0.25, -0.2) is 11.8 Å². The van der Waals surface area contributed by atoms with Crippen LogP contribution in [0.2, 0.25) is 0 Å². The summed E-state index contributed by atoms with van der Waals surface area (Å²) in [5.41, 5.74) is 0. The van der Waals surface area contributed by atoms with E-state index in [0.717, 1.165) is 0 Å². The Labute approximate surface area is 322 Å². The van der Waals surface area contributed by atoms with E-state index in [1.165, 1.54) is 0 Å². The van der Waals surface area contributed by atoms with Crippen LogP contribution in [0.3, 0.4) is 0 Å². The average Bonchev–Trinajstić information content (AvgIpc) is 3.13. The van der Waals surface area contributed by atoms with Crippen molar-refractivity contribution in [3.63, 3.8) is 0 Å². The second kappa shape index (κ2) is 28.6. The first-order valence-electron chi connectivity index (χ1n) is 18.6. The molecule has 0 radical (unpaired) electrons. The minimum atomic E-state index is -3.89. The summed E-state index contributed by atoms with van der Waals surface area (Å²) in [4.78, 5) is 84.5. The summed E-state index contributed by atoms with van der Waals surface area (Å²) in [6.07, 6.45) is 0.424. The van der Waals surface area contributed by atoms with Gasteiger partial charge >= 0.3 is 7.60 Å². The van der Waals surface area contributed by atoms with Crippen LogP contribution in [-0.2, 0) is 56.9 Å². The van der Waals surface area contributed by atoms with Crippen molar-refractivity contribution in [2.75, 3.05) is 79.1 Å². The third-order valence-electron chi connectivity index (χ3n) is 8.38. The summed E-state index contributed by atoms with van der Waals surface area (Å²) in [7, 11) is -3.89. The first-order valence-corrected chi connectivity index (χ1v) is 20.1. The Hall–Kier alpha value is -2.82. The molecule has 0 heterocycles. The Morgan fingerprint density at radius 1 is 0.691 bits per heavy atom. The molecule has 320 valence electrons. The van der Waals surface area contributed by atoms with Crippen LogP contribution >= 0.6 is 7.60 Å².